The fourth-order valence-electron chi connectivity index (χ4n) is 2.05. The van der Waals surface area contributed by atoms with Crippen molar-refractivity contribution in [1.29, 1.82) is 0 Å². The Bertz CT molecular complexity index is 861. The second-order valence-corrected chi connectivity index (χ2v) is 4.34. The lowest BCUT2D eigenvalue weighted by molar-refractivity contribution is 0.103. The molecule has 1 heterocycles. The molecule has 0 amide bonds. The van der Waals surface area contributed by atoms with Crippen molar-refractivity contribution in [3.8, 4) is 5.75 Å². The highest BCUT2D eigenvalue weighted by Crippen LogP contribution is 2.21. The molecule has 4 heteroatoms. The van der Waals surface area contributed by atoms with E-state index >= 15 is 0 Å². The average molecular weight is 266 g/mol. The third-order valence-corrected chi connectivity index (χ3v) is 3.07. The van der Waals surface area contributed by atoms with Gasteiger partial charge in [0.1, 0.15) is 11.3 Å². The van der Waals surface area contributed by atoms with Crippen LogP contribution in [0.2, 0.25) is 0 Å². The Morgan fingerprint density at radius 2 is 1.85 bits per heavy atom. The molecule has 1 N–H and O–H groups in total. The number of hydrogen-bond donors (Lipinski definition) is 1. The standard InChI is InChI=1S/C16H10O4/c17-13-4-2-1-3-11(13)16(19)10-5-6-15-12(9-10)14(18)7-8-20-15/h1-9,17H. The molecule has 0 saturated carbocycles. The molecular weight excluding hydrogens is 256 g/mol. The van der Waals surface area contributed by atoms with E-state index in [0.717, 1.165) is 0 Å². The molecule has 0 radical (unpaired) electrons. The number of fused-ring (bicyclic) bond motifs is 1. The third-order valence-electron chi connectivity index (χ3n) is 3.07. The fraction of sp³-hybridized carbons (Fsp3) is 0. The molecule has 0 fully saturated rings. The molecule has 0 atom stereocenters. The number of aromatic hydroxyl groups is 1. The highest BCUT2D eigenvalue weighted by molar-refractivity contribution is 6.11. The molecule has 0 aliphatic rings. The van der Waals surface area contributed by atoms with E-state index in [9.17, 15) is 14.7 Å². The van der Waals surface area contributed by atoms with Crippen LogP contribution in [-0.4, -0.2) is 10.9 Å². The van der Waals surface area contributed by atoms with Crippen molar-refractivity contribution >= 4 is 16.8 Å². The zero-order valence-corrected chi connectivity index (χ0v) is 10.4. The topological polar surface area (TPSA) is 67.5 Å². The van der Waals surface area contributed by atoms with E-state index in [1.54, 1.807) is 24.3 Å². The summed E-state index contributed by atoms with van der Waals surface area (Å²) in [7, 11) is 0. The molecule has 1 aromatic heterocycles. The molecular formula is C16H10O4. The number of phenolic OH excluding ortho intramolecular Hbond substituents is 1. The van der Waals surface area contributed by atoms with Crippen LogP contribution >= 0.6 is 0 Å². The van der Waals surface area contributed by atoms with Gasteiger partial charge in [-0.2, -0.15) is 0 Å². The maximum atomic E-state index is 12.3. The molecule has 0 unspecified atom stereocenters. The van der Waals surface area contributed by atoms with Gasteiger partial charge >= 0.3 is 0 Å². The van der Waals surface area contributed by atoms with E-state index in [2.05, 4.69) is 0 Å². The Balaban J connectivity index is 2.16. The van der Waals surface area contributed by atoms with Crippen LogP contribution in [0, 0.1) is 0 Å². The summed E-state index contributed by atoms with van der Waals surface area (Å²) in [6.45, 7) is 0. The predicted molar refractivity (Wildman–Crippen MR) is 74.0 cm³/mol. The van der Waals surface area contributed by atoms with Crippen LogP contribution in [0.1, 0.15) is 15.9 Å². The van der Waals surface area contributed by atoms with Gasteiger partial charge in [0, 0.05) is 11.6 Å². The van der Waals surface area contributed by atoms with Crippen molar-refractivity contribution in [2.45, 2.75) is 0 Å². The van der Waals surface area contributed by atoms with Crippen molar-refractivity contribution in [2.24, 2.45) is 0 Å². The maximum absolute atomic E-state index is 12.3. The van der Waals surface area contributed by atoms with E-state index < -0.39 is 0 Å². The van der Waals surface area contributed by atoms with Gasteiger partial charge in [-0.3, -0.25) is 9.59 Å². The Hall–Kier alpha value is -2.88. The Morgan fingerprint density at radius 1 is 1.05 bits per heavy atom. The summed E-state index contributed by atoms with van der Waals surface area (Å²) in [5.74, 6) is -0.425. The van der Waals surface area contributed by atoms with E-state index in [1.807, 2.05) is 0 Å². The molecule has 4 nitrogen and oxygen atoms in total. The molecule has 0 spiro atoms. The molecule has 2 aromatic carbocycles. The Kier molecular flexibility index (Phi) is 2.84. The molecule has 3 aromatic rings. The number of phenols is 1. The van der Waals surface area contributed by atoms with Crippen LogP contribution in [0.15, 0.2) is 64.0 Å². The molecule has 0 aliphatic carbocycles. The minimum absolute atomic E-state index is 0.0855. The maximum Gasteiger partial charge on any atom is 0.196 e. The number of carbonyl (C=O) groups is 1. The first-order chi connectivity index (χ1) is 9.66. The van der Waals surface area contributed by atoms with Crippen LogP contribution < -0.4 is 5.43 Å². The number of hydrogen-bond acceptors (Lipinski definition) is 4. The van der Waals surface area contributed by atoms with Crippen LogP contribution in [0.3, 0.4) is 0 Å². The SMILES string of the molecule is O=C(c1ccc2occc(=O)c2c1)c1ccccc1O. The zero-order chi connectivity index (χ0) is 14.1. The molecule has 0 aliphatic heterocycles. The van der Waals surface area contributed by atoms with Gasteiger partial charge in [-0.1, -0.05) is 12.1 Å². The lowest BCUT2D eigenvalue weighted by Crippen LogP contribution is -2.04. The predicted octanol–water partition coefficient (Wildman–Crippen LogP) is 2.73. The molecule has 0 saturated heterocycles. The normalized spacial score (nSPS) is 10.6. The van der Waals surface area contributed by atoms with Crippen LogP contribution in [0.4, 0.5) is 0 Å². The first kappa shape index (κ1) is 12.2. The Labute approximate surface area is 113 Å². The second kappa shape index (κ2) is 4.66. The van der Waals surface area contributed by atoms with Gasteiger partial charge in [0.05, 0.1) is 17.2 Å². The summed E-state index contributed by atoms with van der Waals surface area (Å²) >= 11 is 0. The zero-order valence-electron chi connectivity index (χ0n) is 10.4. The quantitative estimate of drug-likeness (QED) is 0.724. The van der Waals surface area contributed by atoms with Gasteiger partial charge in [-0.25, -0.2) is 0 Å². The summed E-state index contributed by atoms with van der Waals surface area (Å²) in [5, 5.41) is 10.1. The van der Waals surface area contributed by atoms with E-state index in [4.69, 9.17) is 4.42 Å². The summed E-state index contributed by atoms with van der Waals surface area (Å²) in [6, 6.07) is 12.2. The van der Waals surface area contributed by atoms with E-state index in [1.165, 1.54) is 30.5 Å². The van der Waals surface area contributed by atoms with Gasteiger partial charge in [-0.15, -0.1) is 0 Å². The van der Waals surface area contributed by atoms with Crippen molar-refractivity contribution in [2.75, 3.05) is 0 Å². The van der Waals surface area contributed by atoms with Gasteiger partial charge < -0.3 is 9.52 Å². The monoisotopic (exact) mass is 266 g/mol. The number of carbonyl (C=O) groups excluding carboxylic acids is 1. The van der Waals surface area contributed by atoms with Crippen molar-refractivity contribution in [3.63, 3.8) is 0 Å². The van der Waals surface area contributed by atoms with Crippen molar-refractivity contribution in [1.82, 2.24) is 0 Å². The van der Waals surface area contributed by atoms with Gasteiger partial charge in [0.15, 0.2) is 11.2 Å². The largest absolute Gasteiger partial charge is 0.507 e. The highest BCUT2D eigenvalue weighted by atomic mass is 16.3. The summed E-state index contributed by atoms with van der Waals surface area (Å²) in [4.78, 5) is 24.1. The van der Waals surface area contributed by atoms with Crippen LogP contribution in [-0.2, 0) is 0 Å². The third kappa shape index (κ3) is 1.97. The number of benzene rings is 2. The van der Waals surface area contributed by atoms with Crippen molar-refractivity contribution < 1.29 is 14.3 Å². The average Bonchev–Trinajstić information content (AvgIpc) is 2.47. The first-order valence-electron chi connectivity index (χ1n) is 6.01. The molecule has 20 heavy (non-hydrogen) atoms. The van der Waals surface area contributed by atoms with E-state index in [-0.39, 0.29) is 22.5 Å². The molecule has 3 rings (SSSR count). The number of para-hydroxylation sites is 1. The lowest BCUT2D eigenvalue weighted by Gasteiger charge is -2.04. The van der Waals surface area contributed by atoms with E-state index in [0.29, 0.717) is 16.5 Å². The number of ketones is 1. The second-order valence-electron chi connectivity index (χ2n) is 4.34. The van der Waals surface area contributed by atoms with Gasteiger partial charge in [0.25, 0.3) is 0 Å². The van der Waals surface area contributed by atoms with Gasteiger partial charge in [-0.05, 0) is 30.3 Å². The number of rotatable bonds is 2. The summed E-state index contributed by atoms with van der Waals surface area (Å²) in [6.07, 6.45) is 1.31. The molecule has 0 bridgehead atoms. The smallest absolute Gasteiger partial charge is 0.196 e. The summed E-state index contributed by atoms with van der Waals surface area (Å²) in [5.41, 5.74) is 0.745. The van der Waals surface area contributed by atoms with Crippen molar-refractivity contribution in [3.05, 3.63) is 76.1 Å². The fourth-order valence-corrected chi connectivity index (χ4v) is 2.05. The van der Waals surface area contributed by atoms with Gasteiger partial charge in [0.2, 0.25) is 0 Å². The first-order valence-corrected chi connectivity index (χ1v) is 6.01. The minimum atomic E-state index is -0.340. The van der Waals surface area contributed by atoms with Crippen LogP contribution in [0.5, 0.6) is 5.75 Å². The Morgan fingerprint density at radius 3 is 2.65 bits per heavy atom. The lowest BCUT2D eigenvalue weighted by atomic mass is 10.0. The molecule has 98 valence electrons. The minimum Gasteiger partial charge on any atom is -0.507 e. The highest BCUT2D eigenvalue weighted by Gasteiger charge is 2.14. The van der Waals surface area contributed by atoms with Crippen LogP contribution in [0.25, 0.3) is 11.0 Å². The summed E-state index contributed by atoms with van der Waals surface area (Å²) < 4.78 is 5.20.